The number of unbranched alkanes of at least 4 members (excludes halogenated alkanes) is 5. The van der Waals surface area contributed by atoms with Gasteiger partial charge in [-0.3, -0.25) is 4.79 Å². The van der Waals surface area contributed by atoms with Crippen molar-refractivity contribution in [3.05, 3.63) is 0 Å². The number of nitrogens with one attached hydrogen (secondary N) is 1. The molecule has 1 N–H and O–H groups in total. The highest BCUT2D eigenvalue weighted by molar-refractivity contribution is 7.84. The number of carbonyl (C=O) groups is 1. The predicted octanol–water partition coefficient (Wildman–Crippen LogP) is 5.55. The summed E-state index contributed by atoms with van der Waals surface area (Å²) < 4.78 is 15.8. The molecule has 0 aromatic rings. The number of rotatable bonds is 11. The average Bonchev–Trinajstić information content (AvgIpc) is 2.55. The third kappa shape index (κ3) is 7.90. The van der Waals surface area contributed by atoms with Gasteiger partial charge in [-0.05, 0) is 46.0 Å². The summed E-state index contributed by atoms with van der Waals surface area (Å²) in [6, 6.07) is 0.0731. The fourth-order valence-electron chi connectivity index (χ4n) is 3.93. The molecule has 0 saturated heterocycles. The zero-order chi connectivity index (χ0) is 18.9. The van der Waals surface area contributed by atoms with Gasteiger partial charge in [0.05, 0.1) is 15.7 Å². The van der Waals surface area contributed by atoms with Crippen LogP contribution in [0.25, 0.3) is 0 Å². The summed E-state index contributed by atoms with van der Waals surface area (Å²) in [5.74, 6) is 0.906. The van der Waals surface area contributed by atoms with Gasteiger partial charge in [0.2, 0.25) is 0 Å². The highest BCUT2D eigenvalue weighted by Gasteiger charge is 2.38. The quantitative estimate of drug-likeness (QED) is 0.484. The van der Waals surface area contributed by atoms with E-state index < -0.39 is 11.0 Å². The van der Waals surface area contributed by atoms with E-state index in [-0.39, 0.29) is 16.7 Å². The molecule has 1 aliphatic rings. The van der Waals surface area contributed by atoms with Crippen molar-refractivity contribution in [1.29, 1.82) is 0 Å². The Kier molecular flexibility index (Phi) is 10.5. The van der Waals surface area contributed by atoms with Crippen molar-refractivity contribution < 1.29 is 9.00 Å². The third-order valence-electron chi connectivity index (χ3n) is 5.52. The van der Waals surface area contributed by atoms with Crippen LogP contribution in [-0.4, -0.2) is 20.8 Å². The van der Waals surface area contributed by atoms with Crippen molar-refractivity contribution in [3.8, 4) is 0 Å². The van der Waals surface area contributed by atoms with Crippen LogP contribution >= 0.6 is 0 Å². The van der Waals surface area contributed by atoms with Gasteiger partial charge in [0, 0.05) is 18.4 Å². The van der Waals surface area contributed by atoms with Crippen molar-refractivity contribution in [3.63, 3.8) is 0 Å². The Morgan fingerprint density at radius 1 is 1.12 bits per heavy atom. The molecule has 0 aromatic heterocycles. The van der Waals surface area contributed by atoms with Gasteiger partial charge in [-0.15, -0.1) is 0 Å². The van der Waals surface area contributed by atoms with Crippen LogP contribution in [0.1, 0.15) is 105 Å². The highest BCUT2D eigenvalue weighted by atomic mass is 32.2. The molecule has 0 heterocycles. The molecule has 25 heavy (non-hydrogen) atoms. The van der Waals surface area contributed by atoms with Crippen LogP contribution in [0.4, 0.5) is 0 Å². The lowest BCUT2D eigenvalue weighted by Gasteiger charge is -2.37. The molecule has 1 aliphatic carbocycles. The van der Waals surface area contributed by atoms with Crippen molar-refractivity contribution >= 4 is 16.8 Å². The maximum Gasteiger partial charge on any atom is 0.137 e. The molecule has 3 nitrogen and oxygen atoms in total. The Morgan fingerprint density at radius 3 is 2.36 bits per heavy atom. The molecular weight excluding hydrogens is 330 g/mol. The minimum Gasteiger partial charge on any atom is -0.299 e. The highest BCUT2D eigenvalue weighted by Crippen LogP contribution is 2.34. The summed E-state index contributed by atoms with van der Waals surface area (Å²) in [5, 5.41) is 0. The average molecular weight is 372 g/mol. The summed E-state index contributed by atoms with van der Waals surface area (Å²) in [4.78, 5) is 12.7. The molecule has 1 fully saturated rings. The molecule has 1 rings (SSSR count). The molecule has 148 valence electrons. The van der Waals surface area contributed by atoms with Crippen LogP contribution in [0.3, 0.4) is 0 Å². The molecule has 0 amide bonds. The first-order valence-corrected chi connectivity index (χ1v) is 11.7. The van der Waals surface area contributed by atoms with Crippen molar-refractivity contribution in [1.82, 2.24) is 4.72 Å². The summed E-state index contributed by atoms with van der Waals surface area (Å²) in [5.41, 5.74) is 0. The van der Waals surface area contributed by atoms with Crippen LogP contribution in [-0.2, 0) is 15.8 Å². The number of hydrogen-bond acceptors (Lipinski definition) is 2. The second-order valence-corrected chi connectivity index (χ2v) is 10.7. The van der Waals surface area contributed by atoms with E-state index in [1.807, 2.05) is 20.8 Å². The second kappa shape index (κ2) is 11.5. The van der Waals surface area contributed by atoms with Crippen LogP contribution in [0.5, 0.6) is 0 Å². The predicted molar refractivity (Wildman–Crippen MR) is 109 cm³/mol. The van der Waals surface area contributed by atoms with Gasteiger partial charge in [0.25, 0.3) is 0 Å². The molecule has 0 radical (unpaired) electrons. The normalized spacial score (nSPS) is 24.3. The van der Waals surface area contributed by atoms with E-state index in [9.17, 15) is 9.00 Å². The van der Waals surface area contributed by atoms with E-state index in [2.05, 4.69) is 18.6 Å². The smallest absolute Gasteiger partial charge is 0.137 e. The lowest BCUT2D eigenvalue weighted by molar-refractivity contribution is -0.127. The molecule has 4 heteroatoms. The van der Waals surface area contributed by atoms with E-state index in [4.69, 9.17) is 0 Å². The van der Waals surface area contributed by atoms with Crippen molar-refractivity contribution in [2.45, 2.75) is 116 Å². The van der Waals surface area contributed by atoms with Crippen molar-refractivity contribution in [2.24, 2.45) is 11.8 Å². The Hall–Kier alpha value is -0.220. The summed E-state index contributed by atoms with van der Waals surface area (Å²) >= 11 is 0. The van der Waals surface area contributed by atoms with Crippen LogP contribution < -0.4 is 4.72 Å². The third-order valence-corrected chi connectivity index (χ3v) is 7.15. The first kappa shape index (κ1) is 22.8. The van der Waals surface area contributed by atoms with Gasteiger partial charge in [-0.2, -0.15) is 0 Å². The van der Waals surface area contributed by atoms with Gasteiger partial charge in [0.15, 0.2) is 0 Å². The van der Waals surface area contributed by atoms with Crippen LogP contribution in [0, 0.1) is 11.8 Å². The zero-order valence-electron chi connectivity index (χ0n) is 17.2. The van der Waals surface area contributed by atoms with E-state index in [1.165, 1.54) is 32.1 Å². The van der Waals surface area contributed by atoms with E-state index in [1.54, 1.807) is 0 Å². The number of ketones is 1. The summed E-state index contributed by atoms with van der Waals surface area (Å²) in [7, 11) is -1.11. The first-order chi connectivity index (χ1) is 11.8. The van der Waals surface area contributed by atoms with E-state index >= 15 is 0 Å². The molecular formula is C21H41NO2S. The maximum absolute atomic E-state index is 12.7. The Morgan fingerprint density at radius 2 is 1.76 bits per heavy atom. The maximum atomic E-state index is 12.7. The lowest BCUT2D eigenvalue weighted by Crippen LogP contribution is -2.49. The monoisotopic (exact) mass is 371 g/mol. The van der Waals surface area contributed by atoms with E-state index in [0.717, 1.165) is 32.1 Å². The molecule has 1 unspecified atom stereocenters. The molecule has 1 saturated carbocycles. The topological polar surface area (TPSA) is 46.2 Å². The van der Waals surface area contributed by atoms with Gasteiger partial charge in [0.1, 0.15) is 5.78 Å². The summed E-state index contributed by atoms with van der Waals surface area (Å²) in [6.07, 6.45) is 12.4. The molecule has 0 bridgehead atoms. The molecule has 0 aliphatic heterocycles. The molecule has 0 aromatic carbocycles. The molecule has 0 spiro atoms. The second-order valence-electron chi connectivity index (χ2n) is 8.71. The van der Waals surface area contributed by atoms with E-state index in [0.29, 0.717) is 18.1 Å². The minimum absolute atomic E-state index is 0.0562. The number of hydrogen-bond donors (Lipinski definition) is 1. The van der Waals surface area contributed by atoms with Crippen LogP contribution in [0.15, 0.2) is 0 Å². The van der Waals surface area contributed by atoms with Crippen LogP contribution in [0.2, 0.25) is 0 Å². The first-order valence-electron chi connectivity index (χ1n) is 10.5. The number of Topliss-reactive ketones (excluding diaryl/α,β-unsaturated/α-hetero) is 1. The fraction of sp³-hybridized carbons (Fsp3) is 0.952. The van der Waals surface area contributed by atoms with Gasteiger partial charge in [-0.25, -0.2) is 8.93 Å². The largest absolute Gasteiger partial charge is 0.299 e. The Labute approximate surface area is 158 Å². The molecule has 4 atom stereocenters. The standard InChI is InChI=1S/C21H41NO2S/c1-6-8-9-10-11-12-15-18(22-25(24)21(3,4)5)20-17(7-2)14-13-16-19(20)23/h17-18,20,22H,6-16H2,1-5H3/t17-,18+,20-,25?/m0/s1. The fourth-order valence-corrected chi connectivity index (χ4v) is 4.82. The Bertz CT molecular complexity index is 417. The van der Waals surface area contributed by atoms with Gasteiger partial charge >= 0.3 is 0 Å². The zero-order valence-corrected chi connectivity index (χ0v) is 18.1. The minimum atomic E-state index is -1.11. The Balaban J connectivity index is 2.72. The van der Waals surface area contributed by atoms with Crippen molar-refractivity contribution in [2.75, 3.05) is 0 Å². The van der Waals surface area contributed by atoms with Gasteiger partial charge in [-0.1, -0.05) is 58.8 Å². The summed E-state index contributed by atoms with van der Waals surface area (Å²) in [6.45, 7) is 10.4. The van der Waals surface area contributed by atoms with Gasteiger partial charge < -0.3 is 0 Å². The number of carbonyl (C=O) groups excluding carboxylic acids is 1. The lowest BCUT2D eigenvalue weighted by atomic mass is 9.72. The SMILES string of the molecule is CCCCCCCC[C@@H](NS(=O)C(C)(C)C)[C@H]1C(=O)CCC[C@@H]1CC.